The van der Waals surface area contributed by atoms with Gasteiger partial charge in [-0.05, 0) is 11.6 Å². The lowest BCUT2D eigenvalue weighted by Gasteiger charge is -2.28. The maximum absolute atomic E-state index is 13.0. The number of nitrogens with one attached hydrogen (secondary N) is 1. The Balaban J connectivity index is 1.80. The van der Waals surface area contributed by atoms with Crippen LogP contribution in [0.2, 0.25) is 0 Å². The van der Waals surface area contributed by atoms with E-state index in [4.69, 9.17) is 23.7 Å². The van der Waals surface area contributed by atoms with Crippen LogP contribution in [-0.2, 0) is 30.3 Å². The Morgan fingerprint density at radius 3 is 2.76 bits per heavy atom. The minimum Gasteiger partial charge on any atom is -0.490 e. The monoisotopic (exact) mass is 514 g/mol. The average Bonchev–Trinajstić information content (AvgIpc) is 2.91. The standard InChI is InChI=1S/C24H30N6O7/c1-29(24(32)27-19-11-18(37-10-9-33-2)17(12-25)13-26-19)20-6-5-16(22(28-20)23(34-3)35-4)14-30-7-8-36-15-21(30)31/h5-6,11,13,23H,7-10,14-15H2,1-4H3,(H,26,27,32). The van der Waals surface area contributed by atoms with E-state index in [0.29, 0.717) is 43.4 Å². The Labute approximate surface area is 214 Å². The van der Waals surface area contributed by atoms with Gasteiger partial charge in [0.1, 0.15) is 47.9 Å². The molecule has 0 aromatic carbocycles. The number of amides is 3. The number of nitriles is 1. The van der Waals surface area contributed by atoms with Crippen molar-refractivity contribution < 1.29 is 33.3 Å². The number of morpholine rings is 1. The Bertz CT molecular complexity index is 1140. The van der Waals surface area contributed by atoms with Crippen LogP contribution < -0.4 is 15.0 Å². The van der Waals surface area contributed by atoms with Gasteiger partial charge in [-0.25, -0.2) is 14.8 Å². The van der Waals surface area contributed by atoms with Crippen LogP contribution in [0, 0.1) is 11.3 Å². The lowest BCUT2D eigenvalue weighted by molar-refractivity contribution is -0.143. The maximum atomic E-state index is 13.0. The topological polar surface area (TPSA) is 148 Å². The van der Waals surface area contributed by atoms with Crippen LogP contribution in [0.3, 0.4) is 0 Å². The van der Waals surface area contributed by atoms with Gasteiger partial charge < -0.3 is 28.6 Å². The number of methoxy groups -OCH3 is 3. The summed E-state index contributed by atoms with van der Waals surface area (Å²) < 4.78 is 26.6. The van der Waals surface area contributed by atoms with E-state index in [-0.39, 0.29) is 36.3 Å². The SMILES string of the molecule is COCCOc1cc(NC(=O)N(C)c2ccc(CN3CCOCC3=O)c(C(OC)OC)n2)ncc1C#N. The molecule has 0 saturated carbocycles. The Kier molecular flexibility index (Phi) is 10.1. The number of rotatable bonds is 11. The molecule has 0 aliphatic carbocycles. The average molecular weight is 515 g/mol. The number of urea groups is 1. The summed E-state index contributed by atoms with van der Waals surface area (Å²) >= 11 is 0. The van der Waals surface area contributed by atoms with Crippen LogP contribution in [0.25, 0.3) is 0 Å². The maximum Gasteiger partial charge on any atom is 0.328 e. The van der Waals surface area contributed by atoms with Crippen molar-refractivity contribution in [2.24, 2.45) is 0 Å². The molecule has 0 spiro atoms. The molecule has 1 fully saturated rings. The second-order valence-corrected chi connectivity index (χ2v) is 7.89. The van der Waals surface area contributed by atoms with E-state index >= 15 is 0 Å². The third kappa shape index (κ3) is 7.11. The first-order chi connectivity index (χ1) is 17.9. The van der Waals surface area contributed by atoms with Crippen LogP contribution >= 0.6 is 0 Å². The van der Waals surface area contributed by atoms with Gasteiger partial charge in [0.05, 0.1) is 19.4 Å². The first kappa shape index (κ1) is 27.8. The Morgan fingerprint density at radius 1 is 1.30 bits per heavy atom. The molecule has 0 bridgehead atoms. The third-order valence-electron chi connectivity index (χ3n) is 5.51. The van der Waals surface area contributed by atoms with Gasteiger partial charge in [0.2, 0.25) is 12.2 Å². The first-order valence-electron chi connectivity index (χ1n) is 11.4. The van der Waals surface area contributed by atoms with E-state index in [9.17, 15) is 14.9 Å². The van der Waals surface area contributed by atoms with Crippen molar-refractivity contribution in [2.45, 2.75) is 12.8 Å². The lowest BCUT2D eigenvalue weighted by atomic mass is 10.1. The molecule has 198 valence electrons. The molecular formula is C24H30N6O7. The molecule has 1 aliphatic rings. The van der Waals surface area contributed by atoms with Gasteiger partial charge in [0, 0.05) is 47.5 Å². The molecule has 2 aromatic heterocycles. The van der Waals surface area contributed by atoms with E-state index < -0.39 is 12.3 Å². The van der Waals surface area contributed by atoms with Crippen molar-refractivity contribution in [1.82, 2.24) is 14.9 Å². The van der Waals surface area contributed by atoms with Crippen LogP contribution in [0.15, 0.2) is 24.4 Å². The number of carbonyl (C=O) groups excluding carboxylic acids is 2. The second-order valence-electron chi connectivity index (χ2n) is 7.89. The fraction of sp³-hybridized carbons (Fsp3) is 0.458. The van der Waals surface area contributed by atoms with E-state index in [2.05, 4.69) is 15.3 Å². The van der Waals surface area contributed by atoms with Crippen molar-refractivity contribution >= 4 is 23.6 Å². The largest absolute Gasteiger partial charge is 0.490 e. The van der Waals surface area contributed by atoms with Crippen molar-refractivity contribution in [1.29, 1.82) is 5.26 Å². The molecule has 0 atom stereocenters. The van der Waals surface area contributed by atoms with E-state index in [1.54, 1.807) is 24.1 Å². The summed E-state index contributed by atoms with van der Waals surface area (Å²) in [6.07, 6.45) is 0.506. The summed E-state index contributed by atoms with van der Waals surface area (Å²) in [4.78, 5) is 36.9. The zero-order chi connectivity index (χ0) is 26.8. The minimum absolute atomic E-state index is 0.0320. The van der Waals surface area contributed by atoms with Crippen LogP contribution in [0.1, 0.15) is 23.1 Å². The van der Waals surface area contributed by atoms with Crippen LogP contribution in [0.5, 0.6) is 5.75 Å². The number of pyridine rings is 2. The molecule has 1 N–H and O–H groups in total. The predicted octanol–water partition coefficient (Wildman–Crippen LogP) is 1.69. The molecule has 13 heteroatoms. The third-order valence-corrected chi connectivity index (χ3v) is 5.51. The van der Waals surface area contributed by atoms with Crippen LogP contribution in [0.4, 0.5) is 16.4 Å². The highest BCUT2D eigenvalue weighted by atomic mass is 16.7. The summed E-state index contributed by atoms with van der Waals surface area (Å²) in [7, 11) is 6.04. The zero-order valence-corrected chi connectivity index (χ0v) is 21.2. The zero-order valence-electron chi connectivity index (χ0n) is 21.2. The second kappa shape index (κ2) is 13.5. The number of hydrogen-bond acceptors (Lipinski definition) is 10. The number of anilines is 2. The first-order valence-corrected chi connectivity index (χ1v) is 11.4. The summed E-state index contributed by atoms with van der Waals surface area (Å²) in [6, 6.07) is 6.38. The van der Waals surface area contributed by atoms with Crippen molar-refractivity contribution in [3.8, 4) is 11.8 Å². The van der Waals surface area contributed by atoms with Gasteiger partial charge in [-0.3, -0.25) is 15.0 Å². The van der Waals surface area contributed by atoms with E-state index in [1.165, 1.54) is 38.5 Å². The van der Waals surface area contributed by atoms with Crippen molar-refractivity contribution in [3.05, 3.63) is 41.2 Å². The summed E-state index contributed by atoms with van der Waals surface area (Å²) in [6.45, 7) is 1.82. The highest BCUT2D eigenvalue weighted by Gasteiger charge is 2.25. The molecule has 37 heavy (non-hydrogen) atoms. The molecule has 1 saturated heterocycles. The molecule has 0 radical (unpaired) electrons. The smallest absolute Gasteiger partial charge is 0.328 e. The molecule has 1 aliphatic heterocycles. The summed E-state index contributed by atoms with van der Waals surface area (Å²) in [5, 5.41) is 12.0. The molecular weight excluding hydrogens is 484 g/mol. The quantitative estimate of drug-likeness (QED) is 0.347. The Hall–Kier alpha value is -3.83. The van der Waals surface area contributed by atoms with Crippen molar-refractivity contribution in [3.63, 3.8) is 0 Å². The van der Waals surface area contributed by atoms with E-state index in [1.807, 2.05) is 6.07 Å². The number of carbonyl (C=O) groups is 2. The molecule has 2 aromatic rings. The van der Waals surface area contributed by atoms with Gasteiger partial charge >= 0.3 is 6.03 Å². The van der Waals surface area contributed by atoms with E-state index in [0.717, 1.165) is 0 Å². The van der Waals surface area contributed by atoms with Gasteiger partial charge in [-0.1, -0.05) is 6.07 Å². The fourth-order valence-electron chi connectivity index (χ4n) is 3.50. The lowest BCUT2D eigenvalue weighted by Crippen LogP contribution is -2.41. The van der Waals surface area contributed by atoms with Gasteiger partial charge in [0.15, 0.2) is 0 Å². The number of aromatic nitrogens is 2. The highest BCUT2D eigenvalue weighted by Crippen LogP contribution is 2.26. The normalized spacial score (nSPS) is 13.4. The highest BCUT2D eigenvalue weighted by molar-refractivity contribution is 6.00. The summed E-state index contributed by atoms with van der Waals surface area (Å²) in [5.74, 6) is 0.661. The Morgan fingerprint density at radius 2 is 2.08 bits per heavy atom. The molecule has 13 nitrogen and oxygen atoms in total. The number of hydrogen-bond donors (Lipinski definition) is 1. The minimum atomic E-state index is -0.811. The van der Waals surface area contributed by atoms with Gasteiger partial charge in [-0.15, -0.1) is 0 Å². The van der Waals surface area contributed by atoms with Crippen LogP contribution in [-0.4, -0.2) is 88.2 Å². The molecule has 0 unspecified atom stereocenters. The molecule has 3 heterocycles. The summed E-state index contributed by atoms with van der Waals surface area (Å²) in [5.41, 5.74) is 1.38. The fourth-order valence-corrected chi connectivity index (χ4v) is 3.50. The number of ether oxygens (including phenoxy) is 5. The molecule has 3 rings (SSSR count). The van der Waals surface area contributed by atoms with Gasteiger partial charge in [0.25, 0.3) is 0 Å². The predicted molar refractivity (Wildman–Crippen MR) is 131 cm³/mol. The molecule has 3 amide bonds. The van der Waals surface area contributed by atoms with Crippen molar-refractivity contribution in [2.75, 3.05) is 71.6 Å². The number of nitrogens with zero attached hydrogens (tertiary/aromatic N) is 5. The van der Waals surface area contributed by atoms with Gasteiger partial charge in [-0.2, -0.15) is 5.26 Å².